The van der Waals surface area contributed by atoms with Crippen molar-refractivity contribution in [2.24, 2.45) is 0 Å². The summed E-state index contributed by atoms with van der Waals surface area (Å²) in [6, 6.07) is 14.9. The molecule has 0 aliphatic heterocycles. The number of halogens is 1. The maximum absolute atomic E-state index is 6.49. The molecular formula is C17H16ClNS. The zero-order valence-electron chi connectivity index (χ0n) is 11.3. The van der Waals surface area contributed by atoms with Gasteiger partial charge >= 0.3 is 0 Å². The van der Waals surface area contributed by atoms with Gasteiger partial charge in [0.05, 0.1) is 0 Å². The van der Waals surface area contributed by atoms with E-state index in [9.17, 15) is 0 Å². The van der Waals surface area contributed by atoms with E-state index in [4.69, 9.17) is 11.6 Å². The van der Waals surface area contributed by atoms with Crippen LogP contribution in [0, 0.1) is 0 Å². The molecule has 0 fully saturated rings. The van der Waals surface area contributed by atoms with Gasteiger partial charge in [0.25, 0.3) is 0 Å². The number of hydrogen-bond acceptors (Lipinski definition) is 2. The molecule has 0 saturated carbocycles. The second-order valence-electron chi connectivity index (χ2n) is 4.74. The molecule has 0 atom stereocenters. The van der Waals surface area contributed by atoms with Crippen molar-refractivity contribution >= 4 is 33.0 Å². The molecule has 0 spiro atoms. The normalized spacial score (nSPS) is 11.1. The number of rotatable bonds is 4. The van der Waals surface area contributed by atoms with Crippen molar-refractivity contribution in [2.75, 3.05) is 6.54 Å². The molecule has 20 heavy (non-hydrogen) atoms. The van der Waals surface area contributed by atoms with Gasteiger partial charge in [0, 0.05) is 27.4 Å². The highest BCUT2D eigenvalue weighted by Gasteiger charge is 2.09. The molecule has 0 unspecified atom stereocenters. The Morgan fingerprint density at radius 2 is 2.00 bits per heavy atom. The Labute approximate surface area is 128 Å². The Morgan fingerprint density at radius 3 is 2.80 bits per heavy atom. The molecule has 2 aromatic carbocycles. The summed E-state index contributed by atoms with van der Waals surface area (Å²) in [4.78, 5) is 0. The molecule has 0 aliphatic rings. The predicted molar refractivity (Wildman–Crippen MR) is 89.7 cm³/mol. The van der Waals surface area contributed by atoms with Gasteiger partial charge in [-0.2, -0.15) is 0 Å². The molecular weight excluding hydrogens is 286 g/mol. The summed E-state index contributed by atoms with van der Waals surface area (Å²) in [7, 11) is 0. The van der Waals surface area contributed by atoms with Crippen molar-refractivity contribution in [1.29, 1.82) is 0 Å². The lowest BCUT2D eigenvalue weighted by Crippen LogP contribution is -2.11. The van der Waals surface area contributed by atoms with Crippen LogP contribution in [-0.4, -0.2) is 6.54 Å². The number of hydrogen-bond donors (Lipinski definition) is 1. The van der Waals surface area contributed by atoms with Gasteiger partial charge < -0.3 is 5.32 Å². The number of nitrogens with one attached hydrogen (secondary N) is 1. The molecule has 1 nitrogen and oxygen atoms in total. The summed E-state index contributed by atoms with van der Waals surface area (Å²) in [5.74, 6) is 0. The molecule has 0 aliphatic carbocycles. The first-order valence-electron chi connectivity index (χ1n) is 6.75. The lowest BCUT2D eigenvalue weighted by atomic mass is 10.0. The zero-order valence-corrected chi connectivity index (χ0v) is 12.9. The Bertz CT molecular complexity index is 733. The minimum atomic E-state index is 0.821. The van der Waals surface area contributed by atoms with Crippen molar-refractivity contribution < 1.29 is 0 Å². The van der Waals surface area contributed by atoms with Crippen LogP contribution < -0.4 is 5.32 Å². The standard InChI is InChI=1S/C17H16ClNS/c1-2-19-11-12-6-7-14(16(18)10-12)15-5-3-4-13-8-9-20-17(13)15/h3-10,19H,2,11H2,1H3. The first kappa shape index (κ1) is 13.6. The van der Waals surface area contributed by atoms with Gasteiger partial charge in [-0.3, -0.25) is 0 Å². The Kier molecular flexibility index (Phi) is 4.06. The van der Waals surface area contributed by atoms with Crippen LogP contribution in [0.1, 0.15) is 12.5 Å². The Hall–Kier alpha value is -1.35. The van der Waals surface area contributed by atoms with E-state index in [1.807, 2.05) is 0 Å². The van der Waals surface area contributed by atoms with Crippen molar-refractivity contribution in [3.05, 3.63) is 58.4 Å². The Balaban J connectivity index is 2.04. The molecule has 1 N–H and O–H groups in total. The molecule has 3 aromatic rings. The van der Waals surface area contributed by atoms with E-state index >= 15 is 0 Å². The summed E-state index contributed by atoms with van der Waals surface area (Å²) in [5.41, 5.74) is 3.55. The maximum Gasteiger partial charge on any atom is 0.0488 e. The van der Waals surface area contributed by atoms with E-state index < -0.39 is 0 Å². The van der Waals surface area contributed by atoms with E-state index in [2.05, 4.69) is 60.1 Å². The molecule has 0 amide bonds. The lowest BCUT2D eigenvalue weighted by molar-refractivity contribution is 0.727. The highest BCUT2D eigenvalue weighted by Crippen LogP contribution is 2.36. The summed E-state index contributed by atoms with van der Waals surface area (Å²) >= 11 is 8.25. The fourth-order valence-electron chi connectivity index (χ4n) is 2.36. The molecule has 0 bridgehead atoms. The van der Waals surface area contributed by atoms with Crippen LogP contribution in [0.25, 0.3) is 21.2 Å². The van der Waals surface area contributed by atoms with E-state index in [1.54, 1.807) is 11.3 Å². The first-order valence-corrected chi connectivity index (χ1v) is 8.01. The largest absolute Gasteiger partial charge is 0.313 e. The highest BCUT2D eigenvalue weighted by molar-refractivity contribution is 7.17. The van der Waals surface area contributed by atoms with Crippen LogP contribution in [0.3, 0.4) is 0 Å². The minimum Gasteiger partial charge on any atom is -0.313 e. The van der Waals surface area contributed by atoms with Gasteiger partial charge in [0.2, 0.25) is 0 Å². The fourth-order valence-corrected chi connectivity index (χ4v) is 3.59. The van der Waals surface area contributed by atoms with Crippen LogP contribution in [0.2, 0.25) is 5.02 Å². The summed E-state index contributed by atoms with van der Waals surface area (Å²) < 4.78 is 1.30. The first-order chi connectivity index (χ1) is 9.79. The van der Waals surface area contributed by atoms with Crippen molar-refractivity contribution in [3.8, 4) is 11.1 Å². The third-order valence-corrected chi connectivity index (χ3v) is 4.66. The molecule has 0 radical (unpaired) electrons. The molecule has 1 aromatic heterocycles. The fraction of sp³-hybridized carbons (Fsp3) is 0.176. The SMILES string of the molecule is CCNCc1ccc(-c2cccc3ccsc23)c(Cl)c1. The third kappa shape index (κ3) is 2.59. The second-order valence-corrected chi connectivity index (χ2v) is 6.06. The van der Waals surface area contributed by atoms with E-state index in [1.165, 1.54) is 21.2 Å². The second kappa shape index (κ2) is 5.96. The zero-order chi connectivity index (χ0) is 13.9. The highest BCUT2D eigenvalue weighted by atomic mass is 35.5. The van der Waals surface area contributed by atoms with Crippen LogP contribution in [0.5, 0.6) is 0 Å². The summed E-state index contributed by atoms with van der Waals surface area (Å²) in [6.07, 6.45) is 0. The average Bonchev–Trinajstić information content (AvgIpc) is 2.94. The van der Waals surface area contributed by atoms with Crippen LogP contribution in [0.15, 0.2) is 47.8 Å². The third-order valence-electron chi connectivity index (χ3n) is 3.38. The van der Waals surface area contributed by atoms with Gasteiger partial charge in [-0.25, -0.2) is 0 Å². The molecule has 1 heterocycles. The molecule has 0 saturated heterocycles. The quantitative estimate of drug-likeness (QED) is 0.686. The van der Waals surface area contributed by atoms with Crippen LogP contribution in [0.4, 0.5) is 0 Å². The van der Waals surface area contributed by atoms with Crippen LogP contribution >= 0.6 is 22.9 Å². The van der Waals surface area contributed by atoms with Gasteiger partial charge in [-0.05, 0) is 35.0 Å². The van der Waals surface area contributed by atoms with Crippen molar-refractivity contribution in [1.82, 2.24) is 5.32 Å². The molecule has 102 valence electrons. The Morgan fingerprint density at radius 1 is 1.10 bits per heavy atom. The summed E-state index contributed by atoms with van der Waals surface area (Å²) in [5, 5.41) is 7.55. The maximum atomic E-state index is 6.49. The number of benzene rings is 2. The summed E-state index contributed by atoms with van der Waals surface area (Å²) in [6.45, 7) is 3.93. The van der Waals surface area contributed by atoms with Crippen molar-refractivity contribution in [2.45, 2.75) is 13.5 Å². The van der Waals surface area contributed by atoms with Gasteiger partial charge in [-0.15, -0.1) is 11.3 Å². The van der Waals surface area contributed by atoms with Crippen molar-refractivity contribution in [3.63, 3.8) is 0 Å². The lowest BCUT2D eigenvalue weighted by Gasteiger charge is -2.09. The number of thiophene rings is 1. The smallest absolute Gasteiger partial charge is 0.0488 e. The van der Waals surface area contributed by atoms with E-state index in [-0.39, 0.29) is 0 Å². The van der Waals surface area contributed by atoms with Crippen LogP contribution in [-0.2, 0) is 6.54 Å². The molecule has 3 heteroatoms. The average molecular weight is 302 g/mol. The van der Waals surface area contributed by atoms with Gasteiger partial charge in [-0.1, -0.05) is 48.9 Å². The topological polar surface area (TPSA) is 12.0 Å². The van der Waals surface area contributed by atoms with Gasteiger partial charge in [0.1, 0.15) is 0 Å². The predicted octanol–water partition coefficient (Wildman–Crippen LogP) is 5.33. The van der Waals surface area contributed by atoms with Gasteiger partial charge in [0.15, 0.2) is 0 Å². The minimum absolute atomic E-state index is 0.821. The van der Waals surface area contributed by atoms with E-state index in [0.717, 1.165) is 23.7 Å². The molecule has 3 rings (SSSR count). The van der Waals surface area contributed by atoms with E-state index in [0.29, 0.717) is 0 Å². The number of fused-ring (bicyclic) bond motifs is 1. The monoisotopic (exact) mass is 301 g/mol.